The lowest BCUT2D eigenvalue weighted by Crippen LogP contribution is -2.23. The number of nitrogens with zero attached hydrogens (tertiary/aromatic N) is 1. The summed E-state index contributed by atoms with van der Waals surface area (Å²) >= 11 is 0. The topological polar surface area (TPSA) is 61.2 Å². The Hall–Kier alpha value is -1.36. The highest BCUT2D eigenvalue weighted by Crippen LogP contribution is 2.16. The third-order valence-electron chi connectivity index (χ3n) is 2.95. The van der Waals surface area contributed by atoms with Crippen molar-refractivity contribution in [2.24, 2.45) is 0 Å². The van der Waals surface area contributed by atoms with Gasteiger partial charge in [0.25, 0.3) is 0 Å². The Bertz CT molecular complexity index is 520. The lowest BCUT2D eigenvalue weighted by Gasteiger charge is -2.17. The first-order chi connectivity index (χ1) is 7.97. The summed E-state index contributed by atoms with van der Waals surface area (Å²) in [5.74, 6) is 0.678. The van der Waals surface area contributed by atoms with Gasteiger partial charge in [0.1, 0.15) is 0 Å². The minimum atomic E-state index is -3.11. The van der Waals surface area contributed by atoms with E-state index in [0.29, 0.717) is 17.3 Å². The molecule has 4 nitrogen and oxygen atoms in total. The van der Waals surface area contributed by atoms with E-state index in [-0.39, 0.29) is 0 Å². The quantitative estimate of drug-likeness (QED) is 0.890. The zero-order valence-corrected chi connectivity index (χ0v) is 10.6. The van der Waals surface area contributed by atoms with Gasteiger partial charge in [-0.05, 0) is 24.1 Å². The van der Waals surface area contributed by atoms with Gasteiger partial charge in [-0.15, -0.1) is 0 Å². The monoisotopic (exact) mass is 252 g/mol. The SMILES string of the molecule is CS(=O)(=O)c1ccc(CN2CCCC2=N)cc1. The molecule has 1 aromatic carbocycles. The van der Waals surface area contributed by atoms with E-state index in [9.17, 15) is 8.42 Å². The molecule has 0 aromatic heterocycles. The molecule has 0 aliphatic carbocycles. The van der Waals surface area contributed by atoms with Crippen molar-refractivity contribution in [2.45, 2.75) is 24.3 Å². The van der Waals surface area contributed by atoms with E-state index in [2.05, 4.69) is 0 Å². The predicted octanol–water partition coefficient (Wildman–Crippen LogP) is 1.66. The molecule has 1 aromatic rings. The second kappa shape index (κ2) is 4.49. The molecular formula is C12H16N2O2S. The van der Waals surface area contributed by atoms with E-state index < -0.39 is 9.84 Å². The van der Waals surface area contributed by atoms with Crippen molar-refractivity contribution in [3.63, 3.8) is 0 Å². The largest absolute Gasteiger partial charge is 0.356 e. The van der Waals surface area contributed by atoms with E-state index in [1.54, 1.807) is 12.1 Å². The first kappa shape index (κ1) is 12.1. The molecule has 1 saturated heterocycles. The molecule has 92 valence electrons. The minimum Gasteiger partial charge on any atom is -0.356 e. The van der Waals surface area contributed by atoms with E-state index in [1.165, 1.54) is 6.26 Å². The first-order valence-corrected chi connectivity index (χ1v) is 7.47. The molecule has 5 heteroatoms. The fourth-order valence-corrected chi connectivity index (χ4v) is 2.60. The number of amidine groups is 1. The lowest BCUT2D eigenvalue weighted by atomic mass is 10.2. The van der Waals surface area contributed by atoms with Crippen LogP contribution in [0.1, 0.15) is 18.4 Å². The van der Waals surface area contributed by atoms with Gasteiger partial charge >= 0.3 is 0 Å². The highest BCUT2D eigenvalue weighted by molar-refractivity contribution is 7.90. The van der Waals surface area contributed by atoms with Crippen LogP contribution in [0.5, 0.6) is 0 Å². The summed E-state index contributed by atoms with van der Waals surface area (Å²) in [5.41, 5.74) is 1.05. The van der Waals surface area contributed by atoms with E-state index in [4.69, 9.17) is 5.41 Å². The molecular weight excluding hydrogens is 236 g/mol. The minimum absolute atomic E-state index is 0.345. The van der Waals surface area contributed by atoms with Crippen LogP contribution in [0.4, 0.5) is 0 Å². The van der Waals surface area contributed by atoms with E-state index >= 15 is 0 Å². The molecule has 1 aliphatic rings. The Labute approximate surface area is 102 Å². The van der Waals surface area contributed by atoms with Gasteiger partial charge in [0.15, 0.2) is 9.84 Å². The highest BCUT2D eigenvalue weighted by atomic mass is 32.2. The molecule has 1 heterocycles. The number of likely N-dealkylation sites (tertiary alicyclic amines) is 1. The van der Waals surface area contributed by atoms with Crippen LogP contribution in [0.3, 0.4) is 0 Å². The Morgan fingerprint density at radius 3 is 2.41 bits per heavy atom. The zero-order chi connectivity index (χ0) is 12.5. The summed E-state index contributed by atoms with van der Waals surface area (Å²) in [6.45, 7) is 1.62. The van der Waals surface area contributed by atoms with Crippen molar-refractivity contribution >= 4 is 15.7 Å². The number of hydrogen-bond acceptors (Lipinski definition) is 3. The summed E-state index contributed by atoms with van der Waals surface area (Å²) in [7, 11) is -3.11. The Morgan fingerprint density at radius 2 is 1.94 bits per heavy atom. The summed E-state index contributed by atoms with van der Waals surface area (Å²) in [5, 5.41) is 7.73. The van der Waals surface area contributed by atoms with Crippen molar-refractivity contribution in [3.05, 3.63) is 29.8 Å². The highest BCUT2D eigenvalue weighted by Gasteiger charge is 2.16. The van der Waals surface area contributed by atoms with Crippen molar-refractivity contribution in [3.8, 4) is 0 Å². The van der Waals surface area contributed by atoms with Crippen molar-refractivity contribution in [1.82, 2.24) is 4.90 Å². The summed E-state index contributed by atoms with van der Waals surface area (Å²) in [6.07, 6.45) is 3.10. The van der Waals surface area contributed by atoms with Gasteiger partial charge in [-0.3, -0.25) is 5.41 Å². The van der Waals surface area contributed by atoms with Gasteiger partial charge in [-0.2, -0.15) is 0 Å². The number of hydrogen-bond donors (Lipinski definition) is 1. The van der Waals surface area contributed by atoms with E-state index in [0.717, 1.165) is 24.9 Å². The molecule has 0 atom stereocenters. The Kier molecular flexibility index (Phi) is 3.19. The molecule has 0 radical (unpaired) electrons. The molecule has 1 fully saturated rings. The maximum atomic E-state index is 11.3. The maximum Gasteiger partial charge on any atom is 0.175 e. The van der Waals surface area contributed by atoms with Crippen LogP contribution in [-0.2, 0) is 16.4 Å². The summed E-state index contributed by atoms with van der Waals surface area (Å²) in [4.78, 5) is 2.37. The number of sulfone groups is 1. The molecule has 0 saturated carbocycles. The molecule has 1 aliphatic heterocycles. The standard InChI is InChI=1S/C12H16N2O2S/c1-17(15,16)11-6-4-10(5-7-11)9-14-8-2-3-12(14)13/h4-7,13H,2-3,8-9H2,1H3. The van der Waals surface area contributed by atoms with Crippen LogP contribution in [0.2, 0.25) is 0 Å². The fourth-order valence-electron chi connectivity index (χ4n) is 1.97. The zero-order valence-electron chi connectivity index (χ0n) is 9.81. The van der Waals surface area contributed by atoms with Gasteiger partial charge in [0, 0.05) is 25.8 Å². The van der Waals surface area contributed by atoms with Crippen LogP contribution >= 0.6 is 0 Å². The lowest BCUT2D eigenvalue weighted by molar-refractivity contribution is 0.446. The number of benzene rings is 1. The van der Waals surface area contributed by atoms with Crippen molar-refractivity contribution < 1.29 is 8.42 Å². The van der Waals surface area contributed by atoms with Gasteiger partial charge in [0.05, 0.1) is 10.7 Å². The first-order valence-electron chi connectivity index (χ1n) is 5.58. The third-order valence-corrected chi connectivity index (χ3v) is 4.08. The van der Waals surface area contributed by atoms with E-state index in [1.807, 2.05) is 17.0 Å². The van der Waals surface area contributed by atoms with Crippen LogP contribution in [0.25, 0.3) is 0 Å². The van der Waals surface area contributed by atoms with Gasteiger partial charge in [-0.1, -0.05) is 12.1 Å². The maximum absolute atomic E-state index is 11.3. The molecule has 0 spiro atoms. The molecule has 0 unspecified atom stereocenters. The van der Waals surface area contributed by atoms with Crippen LogP contribution < -0.4 is 0 Å². The summed E-state index contributed by atoms with van der Waals surface area (Å²) in [6, 6.07) is 6.90. The molecule has 1 N–H and O–H groups in total. The third kappa shape index (κ3) is 2.85. The Morgan fingerprint density at radius 1 is 1.29 bits per heavy atom. The van der Waals surface area contributed by atoms with Gasteiger partial charge in [-0.25, -0.2) is 8.42 Å². The number of rotatable bonds is 3. The predicted molar refractivity (Wildman–Crippen MR) is 66.9 cm³/mol. The van der Waals surface area contributed by atoms with Crippen molar-refractivity contribution in [2.75, 3.05) is 12.8 Å². The normalized spacial score (nSPS) is 16.5. The van der Waals surface area contributed by atoms with Crippen LogP contribution in [-0.4, -0.2) is 32.0 Å². The van der Waals surface area contributed by atoms with Crippen LogP contribution in [0.15, 0.2) is 29.2 Å². The molecule has 0 bridgehead atoms. The van der Waals surface area contributed by atoms with Gasteiger partial charge < -0.3 is 4.90 Å². The second-order valence-electron chi connectivity index (χ2n) is 4.39. The second-order valence-corrected chi connectivity index (χ2v) is 6.40. The van der Waals surface area contributed by atoms with Crippen LogP contribution in [0, 0.1) is 5.41 Å². The molecule has 17 heavy (non-hydrogen) atoms. The summed E-state index contributed by atoms with van der Waals surface area (Å²) < 4.78 is 22.6. The van der Waals surface area contributed by atoms with Crippen molar-refractivity contribution in [1.29, 1.82) is 5.41 Å². The smallest absolute Gasteiger partial charge is 0.175 e. The molecule has 2 rings (SSSR count). The average molecular weight is 252 g/mol. The average Bonchev–Trinajstić information content (AvgIpc) is 2.64. The Balaban J connectivity index is 2.11. The van der Waals surface area contributed by atoms with Gasteiger partial charge in [0.2, 0.25) is 0 Å². The molecule has 0 amide bonds. The number of nitrogens with one attached hydrogen (secondary N) is 1. The fraction of sp³-hybridized carbons (Fsp3) is 0.417.